The normalized spacial score (nSPS) is 5.88. The van der Waals surface area contributed by atoms with E-state index in [1.54, 1.807) is 7.05 Å². The van der Waals surface area contributed by atoms with Gasteiger partial charge in [0.1, 0.15) is 0 Å². The summed E-state index contributed by atoms with van der Waals surface area (Å²) in [4.78, 5) is 9.95. The summed E-state index contributed by atoms with van der Waals surface area (Å²) >= 11 is 0. The number of rotatable bonds is 1. The Kier molecular flexibility index (Phi) is 12.2. The molecule has 2 nitrogen and oxygen atoms in total. The lowest BCUT2D eigenvalue weighted by Gasteiger charge is -1.82. The van der Waals surface area contributed by atoms with E-state index in [1.807, 2.05) is 13.8 Å². The number of likely N-dealkylation sites (N-methyl/N-ethyl adjacent to an activating group) is 1. The van der Waals surface area contributed by atoms with Crippen molar-refractivity contribution in [2.24, 2.45) is 0 Å². The molecule has 1 amide bonds. The molecule has 0 rings (SSSR count). The Hall–Kier alpha value is -0.790. The van der Waals surface area contributed by atoms with Crippen LogP contribution in [0.2, 0.25) is 0 Å². The summed E-state index contributed by atoms with van der Waals surface area (Å²) in [5.41, 5.74) is 0. The topological polar surface area (TPSA) is 29.1 Å². The molecule has 0 saturated carbocycles. The first kappa shape index (κ1) is 10.2. The molecule has 0 saturated heterocycles. The van der Waals surface area contributed by atoms with Gasteiger partial charge >= 0.3 is 0 Å². The summed E-state index contributed by atoms with van der Waals surface area (Å²) in [7, 11) is 1.56. The first-order chi connectivity index (χ1) is 3.81. The van der Waals surface area contributed by atoms with Crippen LogP contribution < -0.4 is 5.32 Å². The number of carbonyl (C=O) groups excluding carboxylic acids is 1. The minimum atomic E-state index is -0.144. The molecule has 0 atom stereocenters. The summed E-state index contributed by atoms with van der Waals surface area (Å²) in [6.07, 6.45) is 1.22. The highest BCUT2D eigenvalue weighted by Crippen LogP contribution is 1.56. The van der Waals surface area contributed by atoms with Crippen molar-refractivity contribution in [1.29, 1.82) is 0 Å². The van der Waals surface area contributed by atoms with E-state index in [2.05, 4.69) is 11.9 Å². The Morgan fingerprint density at radius 3 is 2.00 bits per heavy atom. The lowest BCUT2D eigenvalue weighted by atomic mass is 10.6. The van der Waals surface area contributed by atoms with E-state index < -0.39 is 0 Å². The van der Waals surface area contributed by atoms with Crippen LogP contribution in [0.3, 0.4) is 0 Å². The van der Waals surface area contributed by atoms with Crippen molar-refractivity contribution in [3.8, 4) is 0 Å². The van der Waals surface area contributed by atoms with Gasteiger partial charge in [-0.25, -0.2) is 0 Å². The van der Waals surface area contributed by atoms with Crippen molar-refractivity contribution in [3.05, 3.63) is 12.7 Å². The maximum atomic E-state index is 9.95. The van der Waals surface area contributed by atoms with Crippen LogP contribution in [0.25, 0.3) is 0 Å². The fourth-order valence-corrected chi connectivity index (χ4v) is 0.102. The predicted octanol–water partition coefficient (Wildman–Crippen LogP) is 0.945. The lowest BCUT2D eigenvalue weighted by Crippen LogP contribution is -2.13. The second-order valence-electron chi connectivity index (χ2n) is 0.818. The van der Waals surface area contributed by atoms with E-state index in [1.165, 1.54) is 6.08 Å². The average molecular weight is 115 g/mol. The zero-order valence-electron chi connectivity index (χ0n) is 5.69. The Bertz CT molecular complexity index is 68.9. The molecule has 0 radical (unpaired) electrons. The van der Waals surface area contributed by atoms with E-state index in [9.17, 15) is 4.79 Å². The zero-order chi connectivity index (χ0) is 6.99. The molecule has 2 heteroatoms. The SMILES string of the molecule is C=CC(=O)NC.CC. The van der Waals surface area contributed by atoms with Gasteiger partial charge in [0.05, 0.1) is 0 Å². The van der Waals surface area contributed by atoms with Crippen LogP contribution in [0, 0.1) is 0 Å². The number of nitrogens with one attached hydrogen (secondary N) is 1. The van der Waals surface area contributed by atoms with Gasteiger partial charge in [-0.2, -0.15) is 0 Å². The van der Waals surface area contributed by atoms with Crippen LogP contribution in [0.1, 0.15) is 13.8 Å². The summed E-state index contributed by atoms with van der Waals surface area (Å²) < 4.78 is 0. The van der Waals surface area contributed by atoms with Gasteiger partial charge in [-0.1, -0.05) is 20.4 Å². The minimum absolute atomic E-state index is 0.144. The molecule has 0 aliphatic carbocycles. The van der Waals surface area contributed by atoms with Gasteiger partial charge in [-0.15, -0.1) is 0 Å². The second kappa shape index (κ2) is 9.51. The molecular formula is C6H13NO. The molecule has 0 bridgehead atoms. The van der Waals surface area contributed by atoms with E-state index in [0.29, 0.717) is 0 Å². The van der Waals surface area contributed by atoms with Crippen LogP contribution in [-0.4, -0.2) is 13.0 Å². The molecule has 1 N–H and O–H groups in total. The molecule has 0 heterocycles. The zero-order valence-corrected chi connectivity index (χ0v) is 5.69. The maximum absolute atomic E-state index is 9.95. The van der Waals surface area contributed by atoms with Gasteiger partial charge < -0.3 is 5.32 Å². The van der Waals surface area contributed by atoms with Gasteiger partial charge in [0.25, 0.3) is 0 Å². The Balaban J connectivity index is 0. The van der Waals surface area contributed by atoms with Crippen molar-refractivity contribution in [2.75, 3.05) is 7.05 Å². The summed E-state index contributed by atoms with van der Waals surface area (Å²) in [6.45, 7) is 7.22. The Morgan fingerprint density at radius 2 is 2.00 bits per heavy atom. The fourth-order valence-electron chi connectivity index (χ4n) is 0.102. The highest BCUT2D eigenvalue weighted by molar-refractivity contribution is 5.86. The summed E-state index contributed by atoms with van der Waals surface area (Å²) in [5.74, 6) is -0.144. The molecule has 0 unspecified atom stereocenters. The summed E-state index contributed by atoms with van der Waals surface area (Å²) in [5, 5.41) is 2.36. The number of amides is 1. The van der Waals surface area contributed by atoms with Crippen LogP contribution in [0.5, 0.6) is 0 Å². The van der Waals surface area contributed by atoms with Crippen molar-refractivity contribution < 1.29 is 4.79 Å². The van der Waals surface area contributed by atoms with Crippen LogP contribution in [0.15, 0.2) is 12.7 Å². The van der Waals surface area contributed by atoms with Crippen molar-refractivity contribution in [1.82, 2.24) is 5.32 Å². The molecule has 0 aromatic heterocycles. The number of carbonyl (C=O) groups is 1. The number of hydrogen-bond acceptors (Lipinski definition) is 1. The standard InChI is InChI=1S/C4H7NO.C2H6/c1-3-4(6)5-2;1-2/h3H,1H2,2H3,(H,5,6);1-2H3. The third-order valence-electron chi connectivity index (χ3n) is 0.432. The Morgan fingerprint density at radius 1 is 1.62 bits per heavy atom. The minimum Gasteiger partial charge on any atom is -0.356 e. The van der Waals surface area contributed by atoms with E-state index >= 15 is 0 Å². The quantitative estimate of drug-likeness (QED) is 0.506. The highest BCUT2D eigenvalue weighted by Gasteiger charge is 1.78. The predicted molar refractivity (Wildman–Crippen MR) is 35.6 cm³/mol. The number of hydrogen-bond donors (Lipinski definition) is 1. The van der Waals surface area contributed by atoms with Crippen molar-refractivity contribution in [3.63, 3.8) is 0 Å². The summed E-state index contributed by atoms with van der Waals surface area (Å²) in [6, 6.07) is 0. The molecule has 0 aromatic rings. The molecule has 0 aliphatic rings. The van der Waals surface area contributed by atoms with E-state index in [-0.39, 0.29) is 5.91 Å². The molecule has 0 aliphatic heterocycles. The van der Waals surface area contributed by atoms with Crippen LogP contribution in [0.4, 0.5) is 0 Å². The molecular weight excluding hydrogens is 102 g/mol. The highest BCUT2D eigenvalue weighted by atomic mass is 16.1. The van der Waals surface area contributed by atoms with E-state index in [0.717, 1.165) is 0 Å². The van der Waals surface area contributed by atoms with Crippen LogP contribution in [-0.2, 0) is 4.79 Å². The van der Waals surface area contributed by atoms with Crippen molar-refractivity contribution >= 4 is 5.91 Å². The van der Waals surface area contributed by atoms with Crippen molar-refractivity contribution in [2.45, 2.75) is 13.8 Å². The first-order valence-electron chi connectivity index (χ1n) is 2.65. The molecule has 0 fully saturated rings. The molecule has 0 aromatic carbocycles. The first-order valence-corrected chi connectivity index (χ1v) is 2.65. The van der Waals surface area contributed by atoms with Gasteiger partial charge in [0.15, 0.2) is 0 Å². The van der Waals surface area contributed by atoms with Gasteiger partial charge in [-0.05, 0) is 6.08 Å². The lowest BCUT2D eigenvalue weighted by molar-refractivity contribution is -0.116. The van der Waals surface area contributed by atoms with Gasteiger partial charge in [0.2, 0.25) is 5.91 Å². The van der Waals surface area contributed by atoms with E-state index in [4.69, 9.17) is 0 Å². The third-order valence-corrected chi connectivity index (χ3v) is 0.432. The monoisotopic (exact) mass is 115 g/mol. The molecule has 48 valence electrons. The second-order valence-corrected chi connectivity index (χ2v) is 0.818. The molecule has 8 heavy (non-hydrogen) atoms. The van der Waals surface area contributed by atoms with Gasteiger partial charge in [-0.3, -0.25) is 4.79 Å². The fraction of sp³-hybridized carbons (Fsp3) is 0.500. The smallest absolute Gasteiger partial charge is 0.243 e. The average Bonchev–Trinajstić information content (AvgIpc) is 1.91. The molecule has 0 spiro atoms. The van der Waals surface area contributed by atoms with Crippen LogP contribution >= 0.6 is 0 Å². The third kappa shape index (κ3) is 8.96. The largest absolute Gasteiger partial charge is 0.356 e. The maximum Gasteiger partial charge on any atom is 0.243 e. The Labute approximate surface area is 50.6 Å². The van der Waals surface area contributed by atoms with Gasteiger partial charge in [0, 0.05) is 7.05 Å².